The third-order valence-corrected chi connectivity index (χ3v) is 4.00. The Morgan fingerprint density at radius 1 is 1.13 bits per heavy atom. The molecule has 7 nitrogen and oxygen atoms in total. The molecule has 1 aromatic carbocycles. The molecule has 0 spiro atoms. The summed E-state index contributed by atoms with van der Waals surface area (Å²) in [6, 6.07) is 5.99. The topological polar surface area (TPSA) is 94.1 Å². The number of hydrogen-bond acceptors (Lipinski definition) is 6. The summed E-state index contributed by atoms with van der Waals surface area (Å²) in [6.07, 6.45) is -10.7. The van der Waals surface area contributed by atoms with E-state index in [0.717, 1.165) is 0 Å². The number of nitrogens with zero attached hydrogens (tertiary/aromatic N) is 3. The second kappa shape index (κ2) is 8.78. The fraction of sp³-hybridized carbons (Fsp3) is 0.333. The summed E-state index contributed by atoms with van der Waals surface area (Å²) in [4.78, 5) is 19.2. The van der Waals surface area contributed by atoms with Crippen molar-refractivity contribution in [1.29, 1.82) is 0 Å². The number of benzene rings is 1. The van der Waals surface area contributed by atoms with Crippen molar-refractivity contribution in [3.05, 3.63) is 53.1 Å². The van der Waals surface area contributed by atoms with E-state index in [1.807, 2.05) is 0 Å². The fourth-order valence-corrected chi connectivity index (χ4v) is 2.55. The van der Waals surface area contributed by atoms with Crippen molar-refractivity contribution in [1.82, 2.24) is 20.4 Å². The third-order valence-electron chi connectivity index (χ3n) is 4.00. The Hall–Kier alpha value is -3.38. The van der Waals surface area contributed by atoms with Crippen LogP contribution in [-0.4, -0.2) is 33.8 Å². The Morgan fingerprint density at radius 3 is 2.35 bits per heavy atom. The second-order valence-electron chi connectivity index (χ2n) is 6.24. The van der Waals surface area contributed by atoms with Crippen LogP contribution in [0.3, 0.4) is 0 Å². The number of oxazole rings is 1. The van der Waals surface area contributed by atoms with Gasteiger partial charge in [0.1, 0.15) is 5.76 Å². The van der Waals surface area contributed by atoms with Crippen LogP contribution in [0.4, 0.5) is 26.3 Å². The standard InChI is InChI=1S/C18H14F6N4O3/c1-2-10-12(16(29)26-14(21)13(19)20)25-11(30-10)7-8-3-5-9(6-4-8)15-27-17(31-28-15)18(22,23)24/h3-6,13-14H,2,7H2,1H3,(H,26,29). The largest absolute Gasteiger partial charge is 0.471 e. The number of hydrogen-bond donors (Lipinski definition) is 1. The van der Waals surface area contributed by atoms with Crippen LogP contribution in [0.25, 0.3) is 11.4 Å². The van der Waals surface area contributed by atoms with Crippen molar-refractivity contribution in [2.75, 3.05) is 0 Å². The summed E-state index contributed by atoms with van der Waals surface area (Å²) < 4.78 is 84.9. The monoisotopic (exact) mass is 448 g/mol. The molecule has 0 aliphatic heterocycles. The third kappa shape index (κ3) is 5.22. The van der Waals surface area contributed by atoms with Crippen molar-refractivity contribution in [2.24, 2.45) is 0 Å². The number of carbonyl (C=O) groups is 1. The van der Waals surface area contributed by atoms with Crippen LogP contribution in [0.5, 0.6) is 0 Å². The van der Waals surface area contributed by atoms with E-state index in [9.17, 15) is 31.1 Å². The molecule has 3 rings (SSSR count). The summed E-state index contributed by atoms with van der Waals surface area (Å²) >= 11 is 0. The first-order chi connectivity index (χ1) is 14.6. The van der Waals surface area contributed by atoms with E-state index in [2.05, 4.69) is 19.6 Å². The molecular weight excluding hydrogens is 434 g/mol. The summed E-state index contributed by atoms with van der Waals surface area (Å²) in [5.74, 6) is -2.68. The first-order valence-electron chi connectivity index (χ1n) is 8.80. The summed E-state index contributed by atoms with van der Waals surface area (Å²) in [5, 5.41) is 4.79. The summed E-state index contributed by atoms with van der Waals surface area (Å²) in [6.45, 7) is 1.63. The van der Waals surface area contributed by atoms with Crippen molar-refractivity contribution in [3.8, 4) is 11.4 Å². The van der Waals surface area contributed by atoms with Crippen LogP contribution in [0.2, 0.25) is 0 Å². The Labute approximate surface area is 170 Å². The van der Waals surface area contributed by atoms with Gasteiger partial charge in [0, 0.05) is 18.4 Å². The molecule has 3 aromatic rings. The Morgan fingerprint density at radius 2 is 1.81 bits per heavy atom. The van der Waals surface area contributed by atoms with Gasteiger partial charge in [-0.25, -0.2) is 18.2 Å². The van der Waals surface area contributed by atoms with Crippen LogP contribution in [0, 0.1) is 0 Å². The average molecular weight is 448 g/mol. The van der Waals surface area contributed by atoms with Crippen LogP contribution in [-0.2, 0) is 19.0 Å². The van der Waals surface area contributed by atoms with Gasteiger partial charge < -0.3 is 14.3 Å². The maximum Gasteiger partial charge on any atom is 0.471 e. The lowest BCUT2D eigenvalue weighted by Gasteiger charge is -2.08. The molecule has 1 unspecified atom stereocenters. The highest BCUT2D eigenvalue weighted by Crippen LogP contribution is 2.29. The Bertz CT molecular complexity index is 1050. The molecule has 0 radical (unpaired) electrons. The quantitative estimate of drug-likeness (QED) is 0.431. The van der Waals surface area contributed by atoms with Crippen molar-refractivity contribution in [2.45, 2.75) is 38.7 Å². The van der Waals surface area contributed by atoms with E-state index in [1.54, 1.807) is 19.1 Å². The second-order valence-corrected chi connectivity index (χ2v) is 6.24. The van der Waals surface area contributed by atoms with E-state index in [0.29, 0.717) is 5.56 Å². The van der Waals surface area contributed by atoms with Crippen molar-refractivity contribution in [3.63, 3.8) is 0 Å². The van der Waals surface area contributed by atoms with Gasteiger partial charge in [0.2, 0.25) is 12.1 Å². The molecule has 31 heavy (non-hydrogen) atoms. The lowest BCUT2D eigenvalue weighted by molar-refractivity contribution is -0.159. The zero-order valence-electron chi connectivity index (χ0n) is 15.7. The van der Waals surface area contributed by atoms with Gasteiger partial charge in [0.25, 0.3) is 12.3 Å². The molecule has 0 aliphatic rings. The first kappa shape index (κ1) is 22.3. The summed E-state index contributed by atoms with van der Waals surface area (Å²) in [5.41, 5.74) is 0.574. The lowest BCUT2D eigenvalue weighted by atomic mass is 10.1. The highest BCUT2D eigenvalue weighted by Gasteiger charge is 2.38. The molecule has 166 valence electrons. The van der Waals surface area contributed by atoms with Gasteiger partial charge in [-0.3, -0.25) is 4.79 Å². The predicted molar refractivity (Wildman–Crippen MR) is 91.8 cm³/mol. The number of aromatic nitrogens is 3. The first-order valence-corrected chi connectivity index (χ1v) is 8.80. The van der Waals surface area contributed by atoms with E-state index in [4.69, 9.17) is 4.42 Å². The molecule has 0 fully saturated rings. The lowest BCUT2D eigenvalue weighted by Crippen LogP contribution is -2.37. The van der Waals surface area contributed by atoms with Gasteiger partial charge in [0.15, 0.2) is 11.6 Å². The maximum absolute atomic E-state index is 13.1. The van der Waals surface area contributed by atoms with Gasteiger partial charge in [-0.05, 0) is 5.56 Å². The van der Waals surface area contributed by atoms with E-state index >= 15 is 0 Å². The van der Waals surface area contributed by atoms with E-state index in [-0.39, 0.29) is 41.6 Å². The predicted octanol–water partition coefficient (Wildman–Crippen LogP) is 4.19. The van der Waals surface area contributed by atoms with Gasteiger partial charge in [-0.1, -0.05) is 36.3 Å². The Kier molecular flexibility index (Phi) is 6.32. The van der Waals surface area contributed by atoms with Gasteiger partial charge in [-0.2, -0.15) is 18.2 Å². The van der Waals surface area contributed by atoms with E-state index < -0.39 is 30.7 Å². The van der Waals surface area contributed by atoms with Crippen molar-refractivity contribution < 1.29 is 40.1 Å². The SMILES string of the molecule is CCc1oc(Cc2ccc(-c3noc(C(F)(F)F)n3)cc2)nc1C(=O)NC(F)C(F)F. The van der Waals surface area contributed by atoms with Crippen molar-refractivity contribution >= 4 is 5.91 Å². The number of carbonyl (C=O) groups excluding carboxylic acids is 1. The Balaban J connectivity index is 1.73. The molecule has 0 saturated heterocycles. The number of alkyl halides is 6. The smallest absolute Gasteiger partial charge is 0.445 e. The summed E-state index contributed by atoms with van der Waals surface area (Å²) in [7, 11) is 0. The molecule has 2 aromatic heterocycles. The molecule has 13 heteroatoms. The van der Waals surface area contributed by atoms with Gasteiger partial charge >= 0.3 is 12.1 Å². The minimum absolute atomic E-state index is 0.0705. The van der Waals surface area contributed by atoms with Crippen LogP contribution in [0.1, 0.15) is 40.5 Å². The number of rotatable bonds is 7. The zero-order valence-corrected chi connectivity index (χ0v) is 15.7. The maximum atomic E-state index is 13.1. The van der Waals surface area contributed by atoms with E-state index in [1.165, 1.54) is 17.4 Å². The van der Waals surface area contributed by atoms with Crippen LogP contribution in [0.15, 0.2) is 33.2 Å². The number of nitrogens with one attached hydrogen (secondary N) is 1. The molecule has 1 N–H and O–H groups in total. The molecule has 0 bridgehead atoms. The van der Waals surface area contributed by atoms with Gasteiger partial charge in [0.05, 0.1) is 0 Å². The zero-order chi connectivity index (χ0) is 22.8. The van der Waals surface area contributed by atoms with Crippen LogP contribution >= 0.6 is 0 Å². The molecular formula is C18H14F6N4O3. The molecule has 1 atom stereocenters. The number of halogens is 6. The average Bonchev–Trinajstić information content (AvgIpc) is 3.35. The number of amides is 1. The minimum Gasteiger partial charge on any atom is -0.445 e. The highest BCUT2D eigenvalue weighted by molar-refractivity contribution is 5.93. The number of aryl methyl sites for hydroxylation is 1. The highest BCUT2D eigenvalue weighted by atomic mass is 19.4. The molecule has 2 heterocycles. The van der Waals surface area contributed by atoms with Gasteiger partial charge in [-0.15, -0.1) is 0 Å². The fourth-order valence-electron chi connectivity index (χ4n) is 2.55. The molecule has 0 aliphatic carbocycles. The van der Waals surface area contributed by atoms with Crippen LogP contribution < -0.4 is 5.32 Å². The minimum atomic E-state index is -4.76. The molecule has 1 amide bonds. The normalized spacial score (nSPS) is 12.9. The molecule has 0 saturated carbocycles.